The Kier molecular flexibility index (Phi) is 3.12. The van der Waals surface area contributed by atoms with Crippen LogP contribution in [-0.2, 0) is 6.54 Å². The number of benzene rings is 1. The van der Waals surface area contributed by atoms with E-state index in [4.69, 9.17) is 0 Å². The van der Waals surface area contributed by atoms with Crippen LogP contribution in [0.15, 0.2) is 18.2 Å². The number of halogens is 1. The van der Waals surface area contributed by atoms with Crippen LogP contribution < -0.4 is 10.6 Å². The van der Waals surface area contributed by atoms with E-state index in [2.05, 4.69) is 10.6 Å². The third-order valence-electron chi connectivity index (χ3n) is 4.01. The zero-order valence-electron chi connectivity index (χ0n) is 10.0. The van der Waals surface area contributed by atoms with Gasteiger partial charge in [0.1, 0.15) is 5.82 Å². The summed E-state index contributed by atoms with van der Waals surface area (Å²) in [6.45, 7) is 2.79. The molecule has 2 aliphatic rings. The van der Waals surface area contributed by atoms with E-state index in [1.807, 2.05) is 6.07 Å². The van der Waals surface area contributed by atoms with Crippen molar-refractivity contribution in [3.8, 4) is 0 Å². The molecule has 1 saturated carbocycles. The summed E-state index contributed by atoms with van der Waals surface area (Å²) in [5, 5.41) is 6.99. The van der Waals surface area contributed by atoms with E-state index in [0.29, 0.717) is 12.0 Å². The first-order valence-electron chi connectivity index (χ1n) is 6.55. The lowest BCUT2D eigenvalue weighted by Crippen LogP contribution is -2.41. The molecule has 0 aromatic heterocycles. The van der Waals surface area contributed by atoms with Crippen molar-refractivity contribution in [1.29, 1.82) is 0 Å². The molecule has 2 nitrogen and oxygen atoms in total. The van der Waals surface area contributed by atoms with Gasteiger partial charge in [0.15, 0.2) is 0 Å². The molecule has 0 radical (unpaired) electrons. The van der Waals surface area contributed by atoms with E-state index in [1.165, 1.54) is 30.4 Å². The van der Waals surface area contributed by atoms with Crippen LogP contribution in [0.1, 0.15) is 36.3 Å². The normalized spacial score (nSPS) is 24.2. The third-order valence-corrected chi connectivity index (χ3v) is 4.01. The van der Waals surface area contributed by atoms with E-state index >= 15 is 0 Å². The summed E-state index contributed by atoms with van der Waals surface area (Å²) in [7, 11) is 0. The first-order chi connectivity index (χ1) is 8.33. The van der Waals surface area contributed by atoms with Crippen LogP contribution in [0.5, 0.6) is 0 Å². The van der Waals surface area contributed by atoms with Gasteiger partial charge in [-0.15, -0.1) is 0 Å². The number of hydrogen-bond donors (Lipinski definition) is 2. The summed E-state index contributed by atoms with van der Waals surface area (Å²) in [4.78, 5) is 0. The standard InChI is InChI=1S/C14H19FN2/c15-12-5-4-10-7-16-8-11(14(10)6-12)9-17-13-2-1-3-13/h4-6,11,13,16-17H,1-3,7-9H2. The fourth-order valence-corrected chi connectivity index (χ4v) is 2.70. The molecule has 1 aliphatic heterocycles. The summed E-state index contributed by atoms with van der Waals surface area (Å²) in [5.74, 6) is 0.300. The second kappa shape index (κ2) is 4.75. The van der Waals surface area contributed by atoms with Crippen molar-refractivity contribution in [2.45, 2.75) is 37.8 Å². The summed E-state index contributed by atoms with van der Waals surface area (Å²) in [5.41, 5.74) is 2.44. The van der Waals surface area contributed by atoms with Gasteiger partial charge in [-0.25, -0.2) is 4.39 Å². The molecular weight excluding hydrogens is 215 g/mol. The molecular formula is C14H19FN2. The van der Waals surface area contributed by atoms with Gasteiger partial charge in [-0.3, -0.25) is 0 Å². The van der Waals surface area contributed by atoms with Gasteiger partial charge >= 0.3 is 0 Å². The molecule has 3 rings (SSSR count). The average molecular weight is 234 g/mol. The van der Waals surface area contributed by atoms with Crippen LogP contribution >= 0.6 is 0 Å². The molecule has 1 heterocycles. The van der Waals surface area contributed by atoms with Gasteiger partial charge in [0, 0.05) is 31.6 Å². The average Bonchev–Trinajstić information content (AvgIpc) is 2.27. The Hall–Kier alpha value is -0.930. The van der Waals surface area contributed by atoms with Crippen molar-refractivity contribution in [3.05, 3.63) is 35.1 Å². The van der Waals surface area contributed by atoms with Gasteiger partial charge in [-0.05, 0) is 36.1 Å². The molecule has 1 unspecified atom stereocenters. The highest BCUT2D eigenvalue weighted by molar-refractivity contribution is 5.33. The fourth-order valence-electron chi connectivity index (χ4n) is 2.70. The number of rotatable bonds is 3. The maximum Gasteiger partial charge on any atom is 0.123 e. The highest BCUT2D eigenvalue weighted by atomic mass is 19.1. The topological polar surface area (TPSA) is 24.1 Å². The third kappa shape index (κ3) is 2.35. The van der Waals surface area contributed by atoms with Gasteiger partial charge in [0.05, 0.1) is 0 Å². The van der Waals surface area contributed by atoms with Gasteiger partial charge in [-0.2, -0.15) is 0 Å². The molecule has 3 heteroatoms. The zero-order chi connectivity index (χ0) is 11.7. The van der Waals surface area contributed by atoms with E-state index in [-0.39, 0.29) is 5.82 Å². The van der Waals surface area contributed by atoms with Gasteiger partial charge in [0.2, 0.25) is 0 Å². The Morgan fingerprint density at radius 3 is 3.00 bits per heavy atom. The largest absolute Gasteiger partial charge is 0.313 e. The van der Waals surface area contributed by atoms with Crippen LogP contribution in [0.3, 0.4) is 0 Å². The van der Waals surface area contributed by atoms with Crippen molar-refractivity contribution in [1.82, 2.24) is 10.6 Å². The van der Waals surface area contributed by atoms with Crippen molar-refractivity contribution < 1.29 is 4.39 Å². The molecule has 1 aromatic carbocycles. The first kappa shape index (κ1) is 11.2. The zero-order valence-corrected chi connectivity index (χ0v) is 10.0. The Morgan fingerprint density at radius 1 is 1.35 bits per heavy atom. The SMILES string of the molecule is Fc1ccc2c(c1)C(CNC1CCC1)CNC2. The molecule has 0 bridgehead atoms. The van der Waals surface area contributed by atoms with Crippen molar-refractivity contribution in [2.24, 2.45) is 0 Å². The lowest BCUT2D eigenvalue weighted by molar-refractivity contribution is 0.327. The molecule has 1 aromatic rings. The lowest BCUT2D eigenvalue weighted by atomic mass is 9.88. The molecule has 0 saturated heterocycles. The fraction of sp³-hybridized carbons (Fsp3) is 0.571. The first-order valence-corrected chi connectivity index (χ1v) is 6.55. The molecule has 1 aliphatic carbocycles. The molecule has 92 valence electrons. The molecule has 2 N–H and O–H groups in total. The number of hydrogen-bond acceptors (Lipinski definition) is 2. The van der Waals surface area contributed by atoms with E-state index < -0.39 is 0 Å². The summed E-state index contributed by atoms with van der Waals surface area (Å²) in [6.07, 6.45) is 3.96. The van der Waals surface area contributed by atoms with E-state index in [9.17, 15) is 4.39 Å². The molecule has 17 heavy (non-hydrogen) atoms. The van der Waals surface area contributed by atoms with Crippen LogP contribution in [0.25, 0.3) is 0 Å². The number of nitrogens with one attached hydrogen (secondary N) is 2. The second-order valence-electron chi connectivity index (χ2n) is 5.21. The van der Waals surface area contributed by atoms with Gasteiger partial charge in [-0.1, -0.05) is 12.5 Å². The Labute approximate surface area is 102 Å². The van der Waals surface area contributed by atoms with Crippen LogP contribution in [-0.4, -0.2) is 19.1 Å². The predicted molar refractivity (Wildman–Crippen MR) is 66.5 cm³/mol. The monoisotopic (exact) mass is 234 g/mol. The summed E-state index contributed by atoms with van der Waals surface area (Å²) >= 11 is 0. The second-order valence-corrected chi connectivity index (χ2v) is 5.21. The van der Waals surface area contributed by atoms with E-state index in [1.54, 1.807) is 12.1 Å². The molecule has 0 spiro atoms. The van der Waals surface area contributed by atoms with Crippen molar-refractivity contribution in [2.75, 3.05) is 13.1 Å². The maximum absolute atomic E-state index is 13.3. The summed E-state index contributed by atoms with van der Waals surface area (Å²) < 4.78 is 13.3. The molecule has 0 amide bonds. The van der Waals surface area contributed by atoms with Gasteiger partial charge < -0.3 is 10.6 Å². The maximum atomic E-state index is 13.3. The van der Waals surface area contributed by atoms with Crippen LogP contribution in [0.4, 0.5) is 4.39 Å². The Balaban J connectivity index is 1.71. The van der Waals surface area contributed by atoms with Crippen LogP contribution in [0, 0.1) is 5.82 Å². The predicted octanol–water partition coefficient (Wildman–Crippen LogP) is 2.15. The van der Waals surface area contributed by atoms with Gasteiger partial charge in [0.25, 0.3) is 0 Å². The van der Waals surface area contributed by atoms with E-state index in [0.717, 1.165) is 19.6 Å². The quantitative estimate of drug-likeness (QED) is 0.837. The lowest BCUT2D eigenvalue weighted by Gasteiger charge is -2.31. The Bertz CT molecular complexity index is 401. The minimum absolute atomic E-state index is 0.112. The highest BCUT2D eigenvalue weighted by Gasteiger charge is 2.23. The Morgan fingerprint density at radius 2 is 2.24 bits per heavy atom. The summed E-state index contributed by atoms with van der Waals surface area (Å²) in [6, 6.07) is 5.88. The van der Waals surface area contributed by atoms with Crippen LogP contribution in [0.2, 0.25) is 0 Å². The smallest absolute Gasteiger partial charge is 0.123 e. The van der Waals surface area contributed by atoms with Crippen molar-refractivity contribution in [3.63, 3.8) is 0 Å². The van der Waals surface area contributed by atoms with Crippen molar-refractivity contribution >= 4 is 0 Å². The molecule has 1 atom stereocenters. The molecule has 1 fully saturated rings. The minimum Gasteiger partial charge on any atom is -0.313 e. The highest BCUT2D eigenvalue weighted by Crippen LogP contribution is 2.25. The minimum atomic E-state index is -0.112. The number of fused-ring (bicyclic) bond motifs is 1.